The van der Waals surface area contributed by atoms with Gasteiger partial charge in [-0.15, -0.1) is 0 Å². The minimum Gasteiger partial charge on any atom is -0.309 e. The van der Waals surface area contributed by atoms with E-state index >= 15 is 0 Å². The SMILES string of the molecule is O=c1c2ccccc2c2c3cc(-c4ccc5c(c4)c4ccccc4n5-c4ccccc4)ccc3n(-c3ccccc3)c2n1-c1ccccc1. The summed E-state index contributed by atoms with van der Waals surface area (Å²) in [5.41, 5.74) is 9.49. The second-order valence-corrected chi connectivity index (χ2v) is 12.5. The van der Waals surface area contributed by atoms with E-state index in [2.05, 4.69) is 130 Å². The molecule has 10 rings (SSSR count). The predicted molar refractivity (Wildman–Crippen MR) is 204 cm³/mol. The summed E-state index contributed by atoms with van der Waals surface area (Å²) in [6.07, 6.45) is 0. The molecule has 49 heavy (non-hydrogen) atoms. The standard InChI is InChI=1S/C45H29N3O/c49-45-37-22-11-10-21-36(37)43-39-29-31(25-27-42(39)47(33-16-6-2-7-17-33)44(43)48(45)34-18-8-3-9-19-34)30-24-26-41-38(28-30)35-20-12-13-23-40(35)46(41)32-14-4-1-5-15-32/h1-29H. The Hall–Kier alpha value is -6.65. The van der Waals surface area contributed by atoms with Gasteiger partial charge in [0.15, 0.2) is 0 Å². The van der Waals surface area contributed by atoms with E-state index in [1.807, 2.05) is 59.2 Å². The van der Waals surface area contributed by atoms with E-state index in [4.69, 9.17) is 0 Å². The lowest BCUT2D eigenvalue weighted by Crippen LogP contribution is -2.20. The van der Waals surface area contributed by atoms with Crippen molar-refractivity contribution in [2.24, 2.45) is 0 Å². The number of rotatable bonds is 4. The molecule has 10 aromatic rings. The maximum Gasteiger partial charge on any atom is 0.264 e. The number of hydrogen-bond acceptors (Lipinski definition) is 1. The highest BCUT2D eigenvalue weighted by Gasteiger charge is 2.22. The first-order chi connectivity index (χ1) is 24.3. The summed E-state index contributed by atoms with van der Waals surface area (Å²) >= 11 is 0. The zero-order chi connectivity index (χ0) is 32.5. The molecule has 0 fully saturated rings. The molecule has 4 heteroatoms. The molecule has 0 atom stereocenters. The van der Waals surface area contributed by atoms with Crippen LogP contribution < -0.4 is 5.56 Å². The van der Waals surface area contributed by atoms with Crippen molar-refractivity contribution in [3.8, 4) is 28.2 Å². The van der Waals surface area contributed by atoms with Crippen LogP contribution in [0.25, 0.3) is 82.7 Å². The van der Waals surface area contributed by atoms with Crippen molar-refractivity contribution in [2.75, 3.05) is 0 Å². The zero-order valence-corrected chi connectivity index (χ0v) is 26.5. The van der Waals surface area contributed by atoms with Gasteiger partial charge in [0.2, 0.25) is 0 Å². The van der Waals surface area contributed by atoms with Crippen molar-refractivity contribution in [1.29, 1.82) is 0 Å². The van der Waals surface area contributed by atoms with Crippen LogP contribution in [0.4, 0.5) is 0 Å². The summed E-state index contributed by atoms with van der Waals surface area (Å²) in [4.78, 5) is 14.4. The van der Waals surface area contributed by atoms with Gasteiger partial charge in [0.25, 0.3) is 5.56 Å². The smallest absolute Gasteiger partial charge is 0.264 e. The van der Waals surface area contributed by atoms with Gasteiger partial charge in [-0.2, -0.15) is 0 Å². The Morgan fingerprint density at radius 3 is 1.41 bits per heavy atom. The third-order valence-electron chi connectivity index (χ3n) is 9.83. The van der Waals surface area contributed by atoms with Gasteiger partial charge in [-0.1, -0.05) is 103 Å². The monoisotopic (exact) mass is 627 g/mol. The molecule has 7 aromatic carbocycles. The van der Waals surface area contributed by atoms with E-state index in [-0.39, 0.29) is 5.56 Å². The van der Waals surface area contributed by atoms with Crippen LogP contribution >= 0.6 is 0 Å². The highest BCUT2D eigenvalue weighted by atomic mass is 16.1. The Bertz CT molecular complexity index is 2930. The van der Waals surface area contributed by atoms with Gasteiger partial charge in [0, 0.05) is 38.3 Å². The molecule has 0 aliphatic rings. The van der Waals surface area contributed by atoms with Gasteiger partial charge >= 0.3 is 0 Å². The summed E-state index contributed by atoms with van der Waals surface area (Å²) in [7, 11) is 0. The molecule has 0 amide bonds. The first-order valence-electron chi connectivity index (χ1n) is 16.6. The molecule has 230 valence electrons. The quantitative estimate of drug-likeness (QED) is 0.191. The molecule has 0 unspecified atom stereocenters. The third kappa shape index (κ3) is 4.07. The average Bonchev–Trinajstić information content (AvgIpc) is 3.68. The fraction of sp³-hybridized carbons (Fsp3) is 0. The lowest BCUT2D eigenvalue weighted by molar-refractivity contribution is 0.997. The highest BCUT2D eigenvalue weighted by molar-refractivity contribution is 6.21. The van der Waals surface area contributed by atoms with Crippen LogP contribution in [0.1, 0.15) is 0 Å². The third-order valence-corrected chi connectivity index (χ3v) is 9.83. The normalized spacial score (nSPS) is 11.8. The molecule has 4 nitrogen and oxygen atoms in total. The molecule has 0 radical (unpaired) electrons. The Kier molecular flexibility index (Phi) is 5.99. The van der Waals surface area contributed by atoms with Crippen LogP contribution in [0.5, 0.6) is 0 Å². The van der Waals surface area contributed by atoms with Crippen LogP contribution in [0, 0.1) is 0 Å². The van der Waals surface area contributed by atoms with Gasteiger partial charge in [-0.05, 0) is 89.3 Å². The van der Waals surface area contributed by atoms with E-state index in [1.54, 1.807) is 0 Å². The summed E-state index contributed by atoms with van der Waals surface area (Å²) in [6, 6.07) is 61.1. The summed E-state index contributed by atoms with van der Waals surface area (Å²) in [6.45, 7) is 0. The Balaban J connectivity index is 1.30. The minimum atomic E-state index is -0.0326. The molecular formula is C45H29N3O. The zero-order valence-electron chi connectivity index (χ0n) is 26.5. The maximum absolute atomic E-state index is 14.4. The Labute approximate surface area is 281 Å². The first-order valence-corrected chi connectivity index (χ1v) is 16.6. The summed E-state index contributed by atoms with van der Waals surface area (Å²) < 4.78 is 6.47. The molecule has 0 aliphatic heterocycles. The molecular weight excluding hydrogens is 599 g/mol. The molecule has 0 N–H and O–H groups in total. The van der Waals surface area contributed by atoms with Crippen LogP contribution in [-0.4, -0.2) is 13.7 Å². The molecule has 0 bridgehead atoms. The number of pyridine rings is 1. The minimum absolute atomic E-state index is 0.0326. The van der Waals surface area contributed by atoms with E-state index in [0.29, 0.717) is 5.39 Å². The van der Waals surface area contributed by atoms with Crippen molar-refractivity contribution < 1.29 is 0 Å². The topological polar surface area (TPSA) is 31.9 Å². The van der Waals surface area contributed by atoms with Gasteiger partial charge < -0.3 is 4.57 Å². The van der Waals surface area contributed by atoms with E-state index in [9.17, 15) is 4.79 Å². The number of aromatic nitrogens is 3. The number of nitrogens with zero attached hydrogens (tertiary/aromatic N) is 3. The lowest BCUT2D eigenvalue weighted by Gasteiger charge is -2.15. The van der Waals surface area contributed by atoms with E-state index in [0.717, 1.165) is 55.5 Å². The Morgan fingerprint density at radius 1 is 0.327 bits per heavy atom. The van der Waals surface area contributed by atoms with Crippen molar-refractivity contribution in [1.82, 2.24) is 13.7 Å². The second kappa shape index (κ2) is 10.7. The van der Waals surface area contributed by atoms with Crippen LogP contribution in [0.15, 0.2) is 181 Å². The predicted octanol–water partition coefficient (Wildman–Crippen LogP) is 10.9. The summed E-state index contributed by atoms with van der Waals surface area (Å²) in [5, 5.41) is 6.25. The number of benzene rings is 7. The van der Waals surface area contributed by atoms with Gasteiger partial charge in [-0.25, -0.2) is 0 Å². The number of para-hydroxylation sites is 4. The van der Waals surface area contributed by atoms with Crippen molar-refractivity contribution >= 4 is 54.5 Å². The highest BCUT2D eigenvalue weighted by Crippen LogP contribution is 2.40. The molecule has 3 heterocycles. The average molecular weight is 628 g/mol. The molecule has 0 spiro atoms. The van der Waals surface area contributed by atoms with Crippen LogP contribution in [0.3, 0.4) is 0 Å². The van der Waals surface area contributed by atoms with Crippen molar-refractivity contribution in [2.45, 2.75) is 0 Å². The molecule has 3 aromatic heterocycles. The van der Waals surface area contributed by atoms with Gasteiger partial charge in [0.05, 0.1) is 22.2 Å². The lowest BCUT2D eigenvalue weighted by atomic mass is 9.99. The largest absolute Gasteiger partial charge is 0.309 e. The van der Waals surface area contributed by atoms with Crippen LogP contribution in [-0.2, 0) is 0 Å². The van der Waals surface area contributed by atoms with Gasteiger partial charge in [0.1, 0.15) is 5.65 Å². The fourth-order valence-corrected chi connectivity index (χ4v) is 7.70. The van der Waals surface area contributed by atoms with Gasteiger partial charge in [-0.3, -0.25) is 13.9 Å². The fourth-order valence-electron chi connectivity index (χ4n) is 7.70. The van der Waals surface area contributed by atoms with E-state index in [1.165, 1.54) is 21.8 Å². The Morgan fingerprint density at radius 2 is 0.776 bits per heavy atom. The molecule has 0 saturated heterocycles. The van der Waals surface area contributed by atoms with Crippen molar-refractivity contribution in [3.05, 3.63) is 186 Å². The first kappa shape index (κ1) is 27.5. The maximum atomic E-state index is 14.4. The summed E-state index contributed by atoms with van der Waals surface area (Å²) in [5.74, 6) is 0. The second-order valence-electron chi connectivity index (χ2n) is 12.5. The molecule has 0 saturated carbocycles. The number of fused-ring (bicyclic) bond motifs is 8. The molecule has 0 aliphatic carbocycles. The number of hydrogen-bond donors (Lipinski definition) is 0. The van der Waals surface area contributed by atoms with Crippen molar-refractivity contribution in [3.63, 3.8) is 0 Å². The van der Waals surface area contributed by atoms with Crippen LogP contribution in [0.2, 0.25) is 0 Å². The van der Waals surface area contributed by atoms with E-state index < -0.39 is 0 Å².